The molecule has 0 spiro atoms. The van der Waals surface area contributed by atoms with Crippen LogP contribution < -0.4 is 15.5 Å². The smallest absolute Gasteiger partial charge is 0.290 e. The van der Waals surface area contributed by atoms with Crippen LogP contribution in [0.1, 0.15) is 24.1 Å². The molecule has 0 radical (unpaired) electrons. The number of carbonyl (C=O) groups excluding carboxylic acids is 2. The Morgan fingerprint density at radius 2 is 1.97 bits per heavy atom. The fourth-order valence-corrected chi connectivity index (χ4v) is 4.08. The Hall–Kier alpha value is -2.78. The second kappa shape index (κ2) is 9.15. The van der Waals surface area contributed by atoms with Crippen molar-refractivity contribution in [2.45, 2.75) is 19.4 Å². The Morgan fingerprint density at radius 1 is 1.17 bits per heavy atom. The van der Waals surface area contributed by atoms with Crippen LogP contribution in [-0.2, 0) is 11.3 Å². The number of thioether (sulfide) groups is 1. The Kier molecular flexibility index (Phi) is 6.16. The van der Waals surface area contributed by atoms with Crippen molar-refractivity contribution in [1.82, 2.24) is 25.6 Å². The number of carbonyl (C=O) groups is 2. The predicted molar refractivity (Wildman–Crippen MR) is 112 cm³/mol. The summed E-state index contributed by atoms with van der Waals surface area (Å²) in [5.74, 6) is 0.917. The quantitative estimate of drug-likeness (QED) is 0.699. The number of aromatic nitrogens is 3. The second-order valence-electron chi connectivity index (χ2n) is 7.05. The molecule has 0 atom stereocenters. The molecule has 9 heteroatoms. The van der Waals surface area contributed by atoms with Crippen molar-refractivity contribution in [1.29, 1.82) is 0 Å². The molecule has 4 heterocycles. The summed E-state index contributed by atoms with van der Waals surface area (Å²) in [6.45, 7) is 3.64. The highest BCUT2D eigenvalue weighted by atomic mass is 32.2. The number of rotatable bonds is 6. The Balaban J connectivity index is 1.29. The molecule has 2 aromatic heterocycles. The van der Waals surface area contributed by atoms with Crippen LogP contribution in [0.15, 0.2) is 41.7 Å². The Morgan fingerprint density at radius 3 is 2.69 bits per heavy atom. The monoisotopic (exact) mass is 410 g/mol. The maximum absolute atomic E-state index is 11.7. The van der Waals surface area contributed by atoms with Crippen LogP contribution in [0.5, 0.6) is 0 Å². The highest BCUT2D eigenvalue weighted by Gasteiger charge is 2.25. The van der Waals surface area contributed by atoms with Crippen molar-refractivity contribution < 1.29 is 9.59 Å². The van der Waals surface area contributed by atoms with Gasteiger partial charge >= 0.3 is 0 Å². The summed E-state index contributed by atoms with van der Waals surface area (Å²) in [7, 11) is 0. The van der Waals surface area contributed by atoms with Crippen LogP contribution >= 0.6 is 11.8 Å². The van der Waals surface area contributed by atoms with E-state index in [9.17, 15) is 9.59 Å². The molecule has 2 aromatic rings. The van der Waals surface area contributed by atoms with Crippen LogP contribution in [-0.4, -0.2) is 45.7 Å². The maximum Gasteiger partial charge on any atom is 0.290 e. The minimum absolute atomic E-state index is 0.352. The lowest BCUT2D eigenvalue weighted by Gasteiger charge is -2.32. The molecule has 0 aliphatic carbocycles. The van der Waals surface area contributed by atoms with Crippen molar-refractivity contribution in [3.63, 3.8) is 0 Å². The SMILES string of the molecule is O=C1NC(=O)C(=Cc2ccnc(N3CCC(CNCc4ccncc4)CC3)n2)S1. The van der Waals surface area contributed by atoms with Gasteiger partial charge in [0.05, 0.1) is 10.6 Å². The minimum Gasteiger partial charge on any atom is -0.341 e. The first-order valence-corrected chi connectivity index (χ1v) is 10.4. The third-order valence-electron chi connectivity index (χ3n) is 4.99. The van der Waals surface area contributed by atoms with E-state index in [0.29, 0.717) is 22.5 Å². The van der Waals surface area contributed by atoms with Gasteiger partial charge in [-0.25, -0.2) is 9.97 Å². The predicted octanol–water partition coefficient (Wildman–Crippen LogP) is 2.20. The molecule has 2 N–H and O–H groups in total. The molecule has 4 rings (SSSR count). The van der Waals surface area contributed by atoms with Crippen molar-refractivity contribution in [3.8, 4) is 0 Å². The van der Waals surface area contributed by atoms with Gasteiger partial charge < -0.3 is 10.2 Å². The molecule has 0 aromatic carbocycles. The van der Waals surface area contributed by atoms with Crippen molar-refractivity contribution >= 4 is 34.9 Å². The standard InChI is InChI=1S/C20H22N6O2S/c27-18-17(29-20(28)25-18)11-16-3-8-23-19(24-16)26-9-4-15(5-10-26)13-22-12-14-1-6-21-7-2-14/h1-3,6-8,11,15,22H,4-5,9-10,12-13H2,(H,25,27,28). The summed E-state index contributed by atoms with van der Waals surface area (Å²) in [6.07, 6.45) is 9.10. The molecule has 2 fully saturated rings. The third kappa shape index (κ3) is 5.18. The fraction of sp³-hybridized carbons (Fsp3) is 0.350. The molecule has 150 valence electrons. The van der Waals surface area contributed by atoms with Gasteiger partial charge in [0.15, 0.2) is 0 Å². The zero-order valence-electron chi connectivity index (χ0n) is 15.9. The van der Waals surface area contributed by atoms with Crippen LogP contribution in [0.25, 0.3) is 6.08 Å². The molecular weight excluding hydrogens is 388 g/mol. The van der Waals surface area contributed by atoms with Gasteiger partial charge in [0.25, 0.3) is 11.1 Å². The number of imide groups is 1. The Labute approximate surface area is 173 Å². The molecule has 0 saturated carbocycles. The van der Waals surface area contributed by atoms with Gasteiger partial charge in [-0.2, -0.15) is 0 Å². The van der Waals surface area contributed by atoms with Crippen LogP contribution in [0.4, 0.5) is 10.7 Å². The van der Waals surface area contributed by atoms with Gasteiger partial charge in [-0.15, -0.1) is 0 Å². The number of hydrogen-bond acceptors (Lipinski definition) is 8. The molecular formula is C20H22N6O2S. The van der Waals surface area contributed by atoms with Gasteiger partial charge in [0.1, 0.15) is 0 Å². The number of hydrogen-bond donors (Lipinski definition) is 2. The molecule has 0 bridgehead atoms. The average molecular weight is 411 g/mol. The second-order valence-corrected chi connectivity index (χ2v) is 8.07. The highest BCUT2D eigenvalue weighted by Crippen LogP contribution is 2.26. The van der Waals surface area contributed by atoms with E-state index in [-0.39, 0.29) is 11.1 Å². The molecule has 0 unspecified atom stereocenters. The summed E-state index contributed by atoms with van der Waals surface area (Å²) < 4.78 is 0. The summed E-state index contributed by atoms with van der Waals surface area (Å²) in [5, 5.41) is 5.43. The summed E-state index contributed by atoms with van der Waals surface area (Å²) in [6, 6.07) is 5.79. The first kappa shape index (κ1) is 19.5. The van der Waals surface area contributed by atoms with Gasteiger partial charge in [-0.3, -0.25) is 19.9 Å². The zero-order valence-corrected chi connectivity index (χ0v) is 16.7. The van der Waals surface area contributed by atoms with E-state index in [1.807, 2.05) is 24.5 Å². The van der Waals surface area contributed by atoms with Crippen LogP contribution in [0.3, 0.4) is 0 Å². The lowest BCUT2D eigenvalue weighted by Crippen LogP contribution is -2.38. The van der Waals surface area contributed by atoms with E-state index >= 15 is 0 Å². The summed E-state index contributed by atoms with van der Waals surface area (Å²) in [4.78, 5) is 38.5. The summed E-state index contributed by atoms with van der Waals surface area (Å²) >= 11 is 0.893. The van der Waals surface area contributed by atoms with Gasteiger partial charge in [0, 0.05) is 38.2 Å². The maximum atomic E-state index is 11.7. The normalized spacial score (nSPS) is 19.0. The molecule has 2 saturated heterocycles. The van der Waals surface area contributed by atoms with E-state index in [0.717, 1.165) is 50.8 Å². The topological polar surface area (TPSA) is 100 Å². The fourth-order valence-electron chi connectivity index (χ4n) is 3.41. The number of anilines is 1. The van der Waals surface area contributed by atoms with Crippen LogP contribution in [0, 0.1) is 5.92 Å². The van der Waals surface area contributed by atoms with Gasteiger partial charge in [-0.05, 0) is 66.9 Å². The van der Waals surface area contributed by atoms with E-state index in [4.69, 9.17) is 0 Å². The van der Waals surface area contributed by atoms with Crippen molar-refractivity contribution in [2.75, 3.05) is 24.5 Å². The van der Waals surface area contributed by atoms with E-state index in [1.165, 1.54) is 5.56 Å². The molecule has 29 heavy (non-hydrogen) atoms. The van der Waals surface area contributed by atoms with E-state index in [2.05, 4.69) is 30.5 Å². The third-order valence-corrected chi connectivity index (χ3v) is 5.80. The number of piperidine rings is 1. The van der Waals surface area contributed by atoms with Gasteiger partial charge in [-0.1, -0.05) is 0 Å². The lowest BCUT2D eigenvalue weighted by molar-refractivity contribution is -0.115. The van der Waals surface area contributed by atoms with Gasteiger partial charge in [0.2, 0.25) is 5.95 Å². The largest absolute Gasteiger partial charge is 0.341 e. The number of pyridine rings is 1. The van der Waals surface area contributed by atoms with E-state index in [1.54, 1.807) is 18.3 Å². The first-order chi connectivity index (χ1) is 14.2. The number of amides is 2. The average Bonchev–Trinajstić information content (AvgIpc) is 3.06. The molecule has 8 nitrogen and oxygen atoms in total. The zero-order chi connectivity index (χ0) is 20.1. The number of nitrogens with one attached hydrogen (secondary N) is 2. The molecule has 2 aliphatic heterocycles. The molecule has 2 amide bonds. The minimum atomic E-state index is -0.375. The molecule has 2 aliphatic rings. The van der Waals surface area contributed by atoms with Crippen molar-refractivity contribution in [3.05, 3.63) is 53.0 Å². The van der Waals surface area contributed by atoms with Crippen LogP contribution in [0.2, 0.25) is 0 Å². The van der Waals surface area contributed by atoms with E-state index < -0.39 is 0 Å². The lowest BCUT2D eigenvalue weighted by atomic mass is 9.97. The summed E-state index contributed by atoms with van der Waals surface area (Å²) in [5.41, 5.74) is 1.87. The number of nitrogens with zero attached hydrogens (tertiary/aromatic N) is 4. The first-order valence-electron chi connectivity index (χ1n) is 9.60. The highest BCUT2D eigenvalue weighted by molar-refractivity contribution is 8.18. The van der Waals surface area contributed by atoms with Crippen molar-refractivity contribution in [2.24, 2.45) is 5.92 Å². The Bertz CT molecular complexity index is 912.